The highest BCUT2D eigenvalue weighted by atomic mass is 79.9. The monoisotopic (exact) mass is 498 g/mol. The zero-order valence-corrected chi connectivity index (χ0v) is 19.1. The lowest BCUT2D eigenvalue weighted by molar-refractivity contribution is 0.0929. The molecule has 0 atom stereocenters. The summed E-state index contributed by atoms with van der Waals surface area (Å²) < 4.78 is 12.3. The van der Waals surface area contributed by atoms with E-state index in [1.807, 2.05) is 54.6 Å². The number of amides is 1. The first kappa shape index (κ1) is 21.0. The van der Waals surface area contributed by atoms with Crippen LogP contribution in [0.1, 0.15) is 21.7 Å². The first-order valence-corrected chi connectivity index (χ1v) is 11.2. The van der Waals surface area contributed by atoms with Gasteiger partial charge in [0.05, 0.1) is 10.7 Å². The highest BCUT2D eigenvalue weighted by Crippen LogP contribution is 2.27. The topological polar surface area (TPSA) is 63.8 Å². The largest absolute Gasteiger partial charge is 0.488 e. The number of nitrogens with zero attached hydrogens (tertiary/aromatic N) is 1. The van der Waals surface area contributed by atoms with Gasteiger partial charge in [-0.2, -0.15) is 5.10 Å². The zero-order chi connectivity index (χ0) is 22.6. The Labute approximate surface area is 198 Å². The summed E-state index contributed by atoms with van der Waals surface area (Å²) in [6.45, 7) is 0.463. The molecule has 6 heteroatoms. The maximum atomic E-state index is 12.3. The molecule has 5 aromatic rings. The van der Waals surface area contributed by atoms with Gasteiger partial charge in [-0.1, -0.05) is 54.6 Å². The third-order valence-electron chi connectivity index (χ3n) is 5.19. The van der Waals surface area contributed by atoms with Crippen molar-refractivity contribution in [2.45, 2.75) is 6.61 Å². The summed E-state index contributed by atoms with van der Waals surface area (Å²) in [6, 6.07) is 29.3. The van der Waals surface area contributed by atoms with Crippen LogP contribution >= 0.6 is 15.9 Å². The molecule has 0 fully saturated rings. The smallest absolute Gasteiger partial charge is 0.307 e. The Balaban J connectivity index is 1.20. The molecule has 1 amide bonds. The molecule has 0 bridgehead atoms. The molecule has 0 unspecified atom stereocenters. The van der Waals surface area contributed by atoms with Crippen LogP contribution in [-0.4, -0.2) is 12.1 Å². The average molecular weight is 499 g/mol. The maximum absolute atomic E-state index is 12.3. The number of hydrogen-bond acceptors (Lipinski definition) is 4. The Morgan fingerprint density at radius 3 is 2.52 bits per heavy atom. The van der Waals surface area contributed by atoms with Crippen LogP contribution in [0, 0.1) is 0 Å². The van der Waals surface area contributed by atoms with Crippen molar-refractivity contribution >= 4 is 49.8 Å². The molecule has 1 aromatic heterocycles. The minimum atomic E-state index is -0.406. The van der Waals surface area contributed by atoms with Crippen LogP contribution < -0.4 is 10.2 Å². The number of ether oxygens (including phenoxy) is 1. The van der Waals surface area contributed by atoms with Crippen molar-refractivity contribution in [3.8, 4) is 5.75 Å². The molecule has 33 heavy (non-hydrogen) atoms. The van der Waals surface area contributed by atoms with Crippen molar-refractivity contribution in [3.63, 3.8) is 0 Å². The highest BCUT2D eigenvalue weighted by Gasteiger charge is 2.11. The fourth-order valence-corrected chi connectivity index (χ4v) is 4.03. The van der Waals surface area contributed by atoms with E-state index in [0.717, 1.165) is 26.7 Å². The number of para-hydroxylation sites is 1. The van der Waals surface area contributed by atoms with Gasteiger partial charge in [0.1, 0.15) is 17.9 Å². The summed E-state index contributed by atoms with van der Waals surface area (Å²) in [5.74, 6) is 0.537. The Bertz CT molecular complexity index is 1460. The summed E-state index contributed by atoms with van der Waals surface area (Å²) in [7, 11) is 0. The number of furan rings is 1. The molecule has 162 valence electrons. The number of carbonyl (C=O) groups excluding carboxylic acids is 1. The molecule has 0 radical (unpaired) electrons. The second-order valence-corrected chi connectivity index (χ2v) is 8.36. The van der Waals surface area contributed by atoms with E-state index >= 15 is 0 Å². The van der Waals surface area contributed by atoms with Crippen molar-refractivity contribution in [1.29, 1.82) is 0 Å². The van der Waals surface area contributed by atoms with Gasteiger partial charge in [-0.3, -0.25) is 4.79 Å². The summed E-state index contributed by atoms with van der Waals surface area (Å²) >= 11 is 3.55. The van der Waals surface area contributed by atoms with Crippen molar-refractivity contribution in [2.24, 2.45) is 5.10 Å². The van der Waals surface area contributed by atoms with E-state index in [9.17, 15) is 4.79 Å². The molecule has 0 saturated heterocycles. The molecule has 1 N–H and O–H groups in total. The fraction of sp³-hybridized carbons (Fsp3) is 0.0370. The van der Waals surface area contributed by atoms with E-state index in [4.69, 9.17) is 9.15 Å². The molecule has 0 spiro atoms. The van der Waals surface area contributed by atoms with Crippen LogP contribution in [0.15, 0.2) is 105 Å². The number of halogens is 1. The van der Waals surface area contributed by atoms with Gasteiger partial charge in [-0.15, -0.1) is 0 Å². The first-order chi connectivity index (χ1) is 16.2. The van der Waals surface area contributed by atoms with Gasteiger partial charge in [0.2, 0.25) is 0 Å². The Morgan fingerprint density at radius 1 is 0.909 bits per heavy atom. The van der Waals surface area contributed by atoms with E-state index in [1.165, 1.54) is 10.8 Å². The molecule has 0 aliphatic carbocycles. The van der Waals surface area contributed by atoms with Gasteiger partial charge < -0.3 is 9.15 Å². The second-order valence-electron chi connectivity index (χ2n) is 7.51. The van der Waals surface area contributed by atoms with Crippen molar-refractivity contribution in [2.75, 3.05) is 0 Å². The number of hydrogen-bond donors (Lipinski definition) is 1. The highest BCUT2D eigenvalue weighted by molar-refractivity contribution is 9.10. The van der Waals surface area contributed by atoms with Crippen molar-refractivity contribution in [3.05, 3.63) is 112 Å². The van der Waals surface area contributed by atoms with Crippen LogP contribution in [0.5, 0.6) is 5.75 Å². The summed E-state index contributed by atoms with van der Waals surface area (Å²) in [5, 5.41) is 7.30. The SMILES string of the molecule is O=C(N/N=C/c1ccc(OCc2ccc3ccccc3c2)c(Br)c1)c1cc2ccccc2o1. The van der Waals surface area contributed by atoms with Gasteiger partial charge in [-0.25, -0.2) is 5.43 Å². The second kappa shape index (κ2) is 9.30. The van der Waals surface area contributed by atoms with E-state index in [0.29, 0.717) is 12.2 Å². The number of fused-ring (bicyclic) bond motifs is 2. The number of carbonyl (C=O) groups is 1. The minimum absolute atomic E-state index is 0.215. The molecular formula is C27H19BrN2O3. The number of rotatable bonds is 6. The Kier molecular flexibility index (Phi) is 5.91. The van der Waals surface area contributed by atoms with Gasteiger partial charge in [0.15, 0.2) is 5.76 Å². The first-order valence-electron chi connectivity index (χ1n) is 10.4. The summed E-state index contributed by atoms with van der Waals surface area (Å²) in [4.78, 5) is 12.3. The third-order valence-corrected chi connectivity index (χ3v) is 5.81. The minimum Gasteiger partial charge on any atom is -0.488 e. The van der Waals surface area contributed by atoms with Gasteiger partial charge in [-0.05, 0) is 74.2 Å². The molecule has 4 aromatic carbocycles. The van der Waals surface area contributed by atoms with Crippen LogP contribution in [0.4, 0.5) is 0 Å². The van der Waals surface area contributed by atoms with E-state index in [-0.39, 0.29) is 5.76 Å². The summed E-state index contributed by atoms with van der Waals surface area (Å²) in [6.07, 6.45) is 1.57. The lowest BCUT2D eigenvalue weighted by Crippen LogP contribution is -2.16. The van der Waals surface area contributed by atoms with E-state index in [2.05, 4.69) is 56.8 Å². The van der Waals surface area contributed by atoms with E-state index < -0.39 is 5.91 Å². The number of hydrazone groups is 1. The average Bonchev–Trinajstić information content (AvgIpc) is 3.28. The molecule has 0 saturated carbocycles. The van der Waals surface area contributed by atoms with Crippen LogP contribution in [0.25, 0.3) is 21.7 Å². The van der Waals surface area contributed by atoms with E-state index in [1.54, 1.807) is 12.3 Å². The quantitative estimate of drug-likeness (QED) is 0.209. The number of nitrogens with one attached hydrogen (secondary N) is 1. The predicted octanol–water partition coefficient (Wildman–Crippen LogP) is 6.69. The fourth-order valence-electron chi connectivity index (χ4n) is 3.52. The number of benzene rings is 4. The Hall–Kier alpha value is -3.90. The lowest BCUT2D eigenvalue weighted by Gasteiger charge is -2.09. The van der Waals surface area contributed by atoms with Crippen LogP contribution in [-0.2, 0) is 6.61 Å². The van der Waals surface area contributed by atoms with Crippen molar-refractivity contribution < 1.29 is 13.9 Å². The van der Waals surface area contributed by atoms with Gasteiger partial charge >= 0.3 is 5.91 Å². The van der Waals surface area contributed by atoms with Crippen LogP contribution in [0.3, 0.4) is 0 Å². The van der Waals surface area contributed by atoms with Gasteiger partial charge in [0, 0.05) is 5.39 Å². The normalized spacial score (nSPS) is 11.3. The molecule has 1 heterocycles. The van der Waals surface area contributed by atoms with Gasteiger partial charge in [0.25, 0.3) is 0 Å². The standard InChI is InChI=1S/C27H19BrN2O3/c28-23-14-18(16-29-30-27(31)26-15-22-7-3-4-8-24(22)33-26)10-12-25(23)32-17-19-9-11-20-5-1-2-6-21(20)13-19/h1-16H,17H2,(H,30,31)/b29-16+. The maximum Gasteiger partial charge on any atom is 0.307 e. The zero-order valence-electron chi connectivity index (χ0n) is 17.5. The predicted molar refractivity (Wildman–Crippen MR) is 134 cm³/mol. The molecule has 5 rings (SSSR count). The van der Waals surface area contributed by atoms with Crippen molar-refractivity contribution in [1.82, 2.24) is 5.43 Å². The molecule has 5 nitrogen and oxygen atoms in total. The Morgan fingerprint density at radius 2 is 1.70 bits per heavy atom. The summed E-state index contributed by atoms with van der Waals surface area (Å²) in [5.41, 5.74) is 5.06. The molecule has 0 aliphatic rings. The molecular weight excluding hydrogens is 480 g/mol. The third kappa shape index (κ3) is 4.81. The molecule has 0 aliphatic heterocycles. The lowest BCUT2D eigenvalue weighted by atomic mass is 10.1. The van der Waals surface area contributed by atoms with Crippen LogP contribution in [0.2, 0.25) is 0 Å².